The molecule has 2 heterocycles. The van der Waals surface area contributed by atoms with Gasteiger partial charge in [0.25, 0.3) is 0 Å². The zero-order valence-electron chi connectivity index (χ0n) is 18.8. The third kappa shape index (κ3) is 2.62. The molecule has 162 valence electrons. The molecule has 0 atom stereocenters. The van der Waals surface area contributed by atoms with Gasteiger partial charge in [-0.2, -0.15) is 0 Å². The zero-order chi connectivity index (χ0) is 22.9. The predicted molar refractivity (Wildman–Crippen MR) is 147 cm³/mol. The Bertz CT molecular complexity index is 2080. The number of para-hydroxylation sites is 1. The van der Waals surface area contributed by atoms with Crippen LogP contribution >= 0.6 is 0 Å². The van der Waals surface area contributed by atoms with Crippen LogP contribution in [-0.2, 0) is 0 Å². The molecule has 0 aliphatic rings. The Morgan fingerprint density at radius 3 is 1.94 bits per heavy atom. The third-order valence-corrected chi connectivity index (χ3v) is 7.28. The van der Waals surface area contributed by atoms with Crippen molar-refractivity contribution >= 4 is 65.2 Å². The van der Waals surface area contributed by atoms with Gasteiger partial charge in [0.2, 0.25) is 0 Å². The second kappa shape index (κ2) is 6.91. The minimum Gasteiger partial charge on any atom is -0.455 e. The van der Waals surface area contributed by atoms with E-state index in [1.54, 1.807) is 0 Å². The predicted octanol–water partition coefficient (Wildman–Crippen LogP) is 9.26. The summed E-state index contributed by atoms with van der Waals surface area (Å²) in [5, 5.41) is 11.1. The quantitative estimate of drug-likeness (QED) is 0.235. The maximum atomic E-state index is 6.48. The lowest BCUT2D eigenvalue weighted by Gasteiger charge is -2.12. The molecule has 6 aromatic carbocycles. The largest absolute Gasteiger partial charge is 0.455 e. The van der Waals surface area contributed by atoms with E-state index in [0.29, 0.717) is 0 Å². The fourth-order valence-electron chi connectivity index (χ4n) is 5.67. The van der Waals surface area contributed by atoms with E-state index in [1.165, 1.54) is 32.3 Å². The van der Waals surface area contributed by atoms with Crippen molar-refractivity contribution in [2.75, 3.05) is 0 Å². The topological polar surface area (TPSA) is 26.0 Å². The van der Waals surface area contributed by atoms with Crippen LogP contribution in [0.25, 0.3) is 76.3 Å². The summed E-state index contributed by atoms with van der Waals surface area (Å²) in [6.07, 6.45) is 1.82. The number of aromatic nitrogens is 1. The molecule has 0 amide bonds. The third-order valence-electron chi connectivity index (χ3n) is 7.28. The molecular weight excluding hydrogens is 426 g/mol. The number of benzene rings is 6. The SMILES string of the molecule is c1cnc2cc3oc4c(-c5ccc6c7ccccc7c7ccccc7c6c5)cccc4c3cc2c1. The maximum absolute atomic E-state index is 6.48. The lowest BCUT2D eigenvalue weighted by atomic mass is 9.92. The van der Waals surface area contributed by atoms with Crippen molar-refractivity contribution in [1.82, 2.24) is 4.98 Å². The molecule has 2 aromatic heterocycles. The fraction of sp³-hybridized carbons (Fsp3) is 0. The van der Waals surface area contributed by atoms with E-state index < -0.39 is 0 Å². The van der Waals surface area contributed by atoms with Crippen molar-refractivity contribution in [3.8, 4) is 11.1 Å². The number of fused-ring (bicyclic) bond motifs is 10. The molecule has 0 saturated heterocycles. The first-order chi connectivity index (χ1) is 17.3. The summed E-state index contributed by atoms with van der Waals surface area (Å²) in [4.78, 5) is 4.51. The van der Waals surface area contributed by atoms with Crippen LogP contribution in [0.15, 0.2) is 120 Å². The summed E-state index contributed by atoms with van der Waals surface area (Å²) in [7, 11) is 0. The van der Waals surface area contributed by atoms with Crippen molar-refractivity contribution < 1.29 is 4.42 Å². The molecule has 2 heteroatoms. The Kier molecular flexibility index (Phi) is 3.69. The summed E-state index contributed by atoms with van der Waals surface area (Å²) in [5.74, 6) is 0. The van der Waals surface area contributed by atoms with Gasteiger partial charge in [0.1, 0.15) is 11.2 Å². The van der Waals surface area contributed by atoms with Gasteiger partial charge in [-0.1, -0.05) is 84.9 Å². The van der Waals surface area contributed by atoms with Crippen LogP contribution < -0.4 is 0 Å². The van der Waals surface area contributed by atoms with Gasteiger partial charge < -0.3 is 4.42 Å². The Labute approximate surface area is 201 Å². The standard InChI is InChI=1S/C33H19NO/c1-2-10-25-23(8-1)24-9-3-4-11-26(24)29-17-20(14-15-27(25)29)22-12-5-13-28-30-18-21-7-6-16-34-31(21)19-32(30)35-33(22)28/h1-19H. The van der Waals surface area contributed by atoms with Gasteiger partial charge in [-0.25, -0.2) is 0 Å². The van der Waals surface area contributed by atoms with E-state index in [-0.39, 0.29) is 0 Å². The van der Waals surface area contributed by atoms with E-state index in [9.17, 15) is 0 Å². The lowest BCUT2D eigenvalue weighted by Crippen LogP contribution is -1.85. The normalized spacial score (nSPS) is 12.0. The molecule has 0 aliphatic carbocycles. The highest BCUT2D eigenvalue weighted by Crippen LogP contribution is 2.40. The van der Waals surface area contributed by atoms with Crippen LogP contribution in [0.1, 0.15) is 0 Å². The summed E-state index contributed by atoms with van der Waals surface area (Å²) in [6, 6.07) is 39.0. The van der Waals surface area contributed by atoms with Crippen LogP contribution in [0.4, 0.5) is 0 Å². The Morgan fingerprint density at radius 1 is 0.486 bits per heavy atom. The molecule has 0 radical (unpaired) electrons. The Balaban J connectivity index is 1.45. The number of rotatable bonds is 1. The van der Waals surface area contributed by atoms with Gasteiger partial charge in [0.05, 0.1) is 5.52 Å². The highest BCUT2D eigenvalue weighted by atomic mass is 16.3. The zero-order valence-corrected chi connectivity index (χ0v) is 18.8. The van der Waals surface area contributed by atoms with E-state index >= 15 is 0 Å². The maximum Gasteiger partial charge on any atom is 0.143 e. The van der Waals surface area contributed by atoms with Gasteiger partial charge in [-0.05, 0) is 56.1 Å². The molecule has 8 rings (SSSR count). The van der Waals surface area contributed by atoms with Gasteiger partial charge in [-0.3, -0.25) is 4.98 Å². The van der Waals surface area contributed by atoms with Crippen LogP contribution in [0, 0.1) is 0 Å². The summed E-state index contributed by atoms with van der Waals surface area (Å²) in [6.45, 7) is 0. The number of nitrogens with zero attached hydrogens (tertiary/aromatic N) is 1. The highest BCUT2D eigenvalue weighted by molar-refractivity contribution is 6.26. The summed E-state index contributed by atoms with van der Waals surface area (Å²) < 4.78 is 6.48. The first kappa shape index (κ1) is 18.7. The second-order valence-electron chi connectivity index (χ2n) is 9.18. The molecule has 0 bridgehead atoms. The number of hydrogen-bond donors (Lipinski definition) is 0. The number of hydrogen-bond acceptors (Lipinski definition) is 2. The molecule has 0 saturated carbocycles. The molecule has 0 N–H and O–H groups in total. The van der Waals surface area contributed by atoms with E-state index in [4.69, 9.17) is 4.42 Å². The van der Waals surface area contributed by atoms with Crippen molar-refractivity contribution in [2.45, 2.75) is 0 Å². The van der Waals surface area contributed by atoms with Gasteiger partial charge in [0, 0.05) is 34.0 Å². The van der Waals surface area contributed by atoms with Crippen molar-refractivity contribution in [2.24, 2.45) is 0 Å². The monoisotopic (exact) mass is 445 g/mol. The molecule has 0 unspecified atom stereocenters. The van der Waals surface area contributed by atoms with Crippen molar-refractivity contribution in [3.05, 3.63) is 115 Å². The fourth-order valence-corrected chi connectivity index (χ4v) is 5.67. The molecule has 8 aromatic rings. The van der Waals surface area contributed by atoms with E-state index in [2.05, 4.69) is 108 Å². The first-order valence-electron chi connectivity index (χ1n) is 11.9. The second-order valence-corrected chi connectivity index (χ2v) is 9.18. The van der Waals surface area contributed by atoms with Crippen molar-refractivity contribution in [3.63, 3.8) is 0 Å². The number of pyridine rings is 1. The molecule has 35 heavy (non-hydrogen) atoms. The van der Waals surface area contributed by atoms with E-state index in [0.717, 1.165) is 44.0 Å². The molecule has 0 fully saturated rings. The molecule has 0 aliphatic heterocycles. The van der Waals surface area contributed by atoms with Crippen LogP contribution in [0.2, 0.25) is 0 Å². The highest BCUT2D eigenvalue weighted by Gasteiger charge is 2.15. The number of furan rings is 1. The van der Waals surface area contributed by atoms with Gasteiger partial charge in [-0.15, -0.1) is 0 Å². The smallest absolute Gasteiger partial charge is 0.143 e. The minimum atomic E-state index is 0.871. The Morgan fingerprint density at radius 2 is 1.17 bits per heavy atom. The van der Waals surface area contributed by atoms with Crippen LogP contribution in [0.3, 0.4) is 0 Å². The van der Waals surface area contributed by atoms with Gasteiger partial charge >= 0.3 is 0 Å². The Hall–Kier alpha value is -4.69. The summed E-state index contributed by atoms with van der Waals surface area (Å²) >= 11 is 0. The lowest BCUT2D eigenvalue weighted by molar-refractivity contribution is 0.670. The van der Waals surface area contributed by atoms with Crippen LogP contribution in [0.5, 0.6) is 0 Å². The summed E-state index contributed by atoms with van der Waals surface area (Å²) in [5.41, 5.74) is 5.00. The average molecular weight is 446 g/mol. The van der Waals surface area contributed by atoms with Crippen LogP contribution in [-0.4, -0.2) is 4.98 Å². The first-order valence-corrected chi connectivity index (χ1v) is 11.9. The molecular formula is C33H19NO. The van der Waals surface area contributed by atoms with Gasteiger partial charge in [0.15, 0.2) is 0 Å². The minimum absolute atomic E-state index is 0.871. The van der Waals surface area contributed by atoms with Crippen molar-refractivity contribution in [1.29, 1.82) is 0 Å². The van der Waals surface area contributed by atoms with E-state index in [1.807, 2.05) is 12.3 Å². The molecule has 2 nitrogen and oxygen atoms in total. The average Bonchev–Trinajstić information content (AvgIpc) is 3.29. The molecule has 0 spiro atoms.